The van der Waals surface area contributed by atoms with Crippen LogP contribution in [0, 0.1) is 5.92 Å². The zero-order valence-electron chi connectivity index (χ0n) is 11.3. The lowest BCUT2D eigenvalue weighted by atomic mass is 9.79. The molecule has 0 aromatic rings. The average molecular weight is 244 g/mol. The van der Waals surface area contributed by atoms with E-state index in [1.54, 1.807) is 0 Å². The Morgan fingerprint density at radius 2 is 1.59 bits per heavy atom. The molecule has 0 saturated heterocycles. The second-order valence-corrected chi connectivity index (χ2v) is 5.92. The van der Waals surface area contributed by atoms with Gasteiger partial charge in [-0.15, -0.1) is 0 Å². The number of hydrogen-bond acceptors (Lipinski definition) is 3. The van der Waals surface area contributed by atoms with Crippen LogP contribution in [0.3, 0.4) is 0 Å². The summed E-state index contributed by atoms with van der Waals surface area (Å²) in [5, 5.41) is 8.94. The van der Waals surface area contributed by atoms with Crippen molar-refractivity contribution in [3.63, 3.8) is 0 Å². The molecule has 0 spiro atoms. The third-order valence-corrected chi connectivity index (χ3v) is 3.57. The topological polar surface area (TPSA) is 55.8 Å². The third-order valence-electron chi connectivity index (χ3n) is 3.57. The van der Waals surface area contributed by atoms with Gasteiger partial charge in [-0.3, -0.25) is 0 Å². The van der Waals surface area contributed by atoms with Crippen molar-refractivity contribution >= 4 is 5.97 Å². The largest absolute Gasteiger partial charge is 0.479 e. The standard InChI is InChI=1S/C13H24O4/c1-12(2,10-8-6-5-7-9-10)16-17-13(3,4)11(14)15/h10H,5-9H2,1-4H3,(H,14,15). The van der Waals surface area contributed by atoms with Gasteiger partial charge in [0, 0.05) is 0 Å². The molecule has 4 heteroatoms. The molecule has 100 valence electrons. The van der Waals surface area contributed by atoms with E-state index >= 15 is 0 Å². The van der Waals surface area contributed by atoms with Crippen LogP contribution in [0.1, 0.15) is 59.8 Å². The van der Waals surface area contributed by atoms with Crippen LogP contribution in [0.4, 0.5) is 0 Å². The van der Waals surface area contributed by atoms with Gasteiger partial charge in [-0.1, -0.05) is 19.3 Å². The van der Waals surface area contributed by atoms with Crippen LogP contribution in [0.15, 0.2) is 0 Å². The molecule has 0 atom stereocenters. The molecule has 0 unspecified atom stereocenters. The van der Waals surface area contributed by atoms with Gasteiger partial charge in [0.1, 0.15) is 5.60 Å². The maximum atomic E-state index is 10.9. The lowest BCUT2D eigenvalue weighted by Crippen LogP contribution is -2.42. The van der Waals surface area contributed by atoms with Crippen LogP contribution >= 0.6 is 0 Å². The summed E-state index contributed by atoms with van der Waals surface area (Å²) in [6, 6.07) is 0. The fraction of sp³-hybridized carbons (Fsp3) is 0.923. The van der Waals surface area contributed by atoms with Gasteiger partial charge >= 0.3 is 5.97 Å². The van der Waals surface area contributed by atoms with Crippen LogP contribution in [-0.2, 0) is 14.6 Å². The lowest BCUT2D eigenvalue weighted by Gasteiger charge is -2.37. The predicted molar refractivity (Wildman–Crippen MR) is 64.5 cm³/mol. The van der Waals surface area contributed by atoms with Crippen molar-refractivity contribution < 1.29 is 19.7 Å². The molecule has 1 fully saturated rings. The van der Waals surface area contributed by atoms with Gasteiger partial charge in [-0.25, -0.2) is 14.6 Å². The summed E-state index contributed by atoms with van der Waals surface area (Å²) < 4.78 is 0. The highest BCUT2D eigenvalue weighted by Gasteiger charge is 2.37. The van der Waals surface area contributed by atoms with Crippen molar-refractivity contribution in [2.45, 2.75) is 71.0 Å². The number of carbonyl (C=O) groups is 1. The molecule has 1 rings (SSSR count). The van der Waals surface area contributed by atoms with Gasteiger partial charge < -0.3 is 5.11 Å². The van der Waals surface area contributed by atoms with E-state index in [0.717, 1.165) is 12.8 Å². The monoisotopic (exact) mass is 244 g/mol. The van der Waals surface area contributed by atoms with E-state index in [9.17, 15) is 4.79 Å². The fourth-order valence-corrected chi connectivity index (χ4v) is 2.11. The van der Waals surface area contributed by atoms with Crippen molar-refractivity contribution in [1.82, 2.24) is 0 Å². The van der Waals surface area contributed by atoms with Crippen LogP contribution in [0.25, 0.3) is 0 Å². The van der Waals surface area contributed by atoms with E-state index in [4.69, 9.17) is 14.9 Å². The van der Waals surface area contributed by atoms with E-state index in [1.807, 2.05) is 13.8 Å². The Bertz CT molecular complexity index is 265. The Balaban J connectivity index is 2.51. The van der Waals surface area contributed by atoms with Crippen molar-refractivity contribution in [2.24, 2.45) is 5.92 Å². The predicted octanol–water partition coefficient (Wildman–Crippen LogP) is 3.16. The summed E-state index contributed by atoms with van der Waals surface area (Å²) in [5.74, 6) is -0.571. The minimum Gasteiger partial charge on any atom is -0.479 e. The van der Waals surface area contributed by atoms with Crippen molar-refractivity contribution in [3.05, 3.63) is 0 Å². The molecule has 1 aliphatic rings. The number of aliphatic carboxylic acids is 1. The number of carboxylic acid groups (broad SMARTS) is 1. The smallest absolute Gasteiger partial charge is 0.338 e. The zero-order valence-corrected chi connectivity index (χ0v) is 11.3. The molecule has 0 amide bonds. The van der Waals surface area contributed by atoms with Crippen LogP contribution in [0.2, 0.25) is 0 Å². The van der Waals surface area contributed by atoms with E-state index in [-0.39, 0.29) is 0 Å². The van der Waals surface area contributed by atoms with E-state index in [2.05, 4.69) is 0 Å². The van der Waals surface area contributed by atoms with Crippen molar-refractivity contribution in [2.75, 3.05) is 0 Å². The number of carboxylic acids is 1. The molecule has 0 aliphatic heterocycles. The maximum Gasteiger partial charge on any atom is 0.338 e. The Morgan fingerprint density at radius 1 is 1.06 bits per heavy atom. The lowest BCUT2D eigenvalue weighted by molar-refractivity contribution is -0.403. The normalized spacial score (nSPS) is 19.3. The molecule has 17 heavy (non-hydrogen) atoms. The highest BCUT2D eigenvalue weighted by molar-refractivity contribution is 5.76. The first kappa shape index (κ1) is 14.5. The Hall–Kier alpha value is -0.610. The molecule has 1 saturated carbocycles. The van der Waals surface area contributed by atoms with E-state index in [0.29, 0.717) is 5.92 Å². The molecule has 0 aromatic carbocycles. The average Bonchev–Trinajstić information content (AvgIpc) is 2.28. The molecule has 0 aromatic heterocycles. The third kappa shape index (κ3) is 3.96. The SMILES string of the molecule is CC(C)(OOC(C)(C)C1CCCCC1)C(=O)O. The fourth-order valence-electron chi connectivity index (χ4n) is 2.11. The molecule has 0 radical (unpaired) electrons. The summed E-state index contributed by atoms with van der Waals surface area (Å²) >= 11 is 0. The molecule has 0 bridgehead atoms. The van der Waals surface area contributed by atoms with Gasteiger partial charge in [0.25, 0.3) is 0 Å². The van der Waals surface area contributed by atoms with Crippen LogP contribution in [0.5, 0.6) is 0 Å². The van der Waals surface area contributed by atoms with Crippen molar-refractivity contribution in [1.29, 1.82) is 0 Å². The first-order valence-corrected chi connectivity index (χ1v) is 6.36. The molecule has 1 N–H and O–H groups in total. The minimum absolute atomic E-state index is 0.423. The molecular weight excluding hydrogens is 220 g/mol. The molecule has 0 heterocycles. The highest BCUT2D eigenvalue weighted by Crippen LogP contribution is 2.35. The summed E-state index contributed by atoms with van der Waals surface area (Å²) in [7, 11) is 0. The van der Waals surface area contributed by atoms with Crippen LogP contribution in [-0.4, -0.2) is 22.3 Å². The van der Waals surface area contributed by atoms with Gasteiger partial charge in [0.15, 0.2) is 5.60 Å². The van der Waals surface area contributed by atoms with Gasteiger partial charge in [0.2, 0.25) is 0 Å². The number of rotatable bonds is 5. The van der Waals surface area contributed by atoms with Crippen LogP contribution < -0.4 is 0 Å². The molecule has 1 aliphatic carbocycles. The minimum atomic E-state index is -1.30. The van der Waals surface area contributed by atoms with Gasteiger partial charge in [-0.2, -0.15) is 0 Å². The molecule has 4 nitrogen and oxygen atoms in total. The molecular formula is C13H24O4. The maximum absolute atomic E-state index is 10.9. The first-order valence-electron chi connectivity index (χ1n) is 6.36. The second-order valence-electron chi connectivity index (χ2n) is 5.92. The quantitative estimate of drug-likeness (QED) is 0.596. The van der Waals surface area contributed by atoms with Crippen molar-refractivity contribution in [3.8, 4) is 0 Å². The van der Waals surface area contributed by atoms with E-state index < -0.39 is 17.2 Å². The second kappa shape index (κ2) is 5.36. The Kier molecular flexibility index (Phi) is 4.55. The number of hydrogen-bond donors (Lipinski definition) is 1. The highest BCUT2D eigenvalue weighted by atomic mass is 17.2. The Morgan fingerprint density at radius 3 is 2.06 bits per heavy atom. The first-order chi connectivity index (χ1) is 7.76. The van der Waals surface area contributed by atoms with E-state index in [1.165, 1.54) is 33.1 Å². The van der Waals surface area contributed by atoms with Gasteiger partial charge in [0.05, 0.1) is 0 Å². The summed E-state index contributed by atoms with van der Waals surface area (Å²) in [5.41, 5.74) is -1.72. The summed E-state index contributed by atoms with van der Waals surface area (Å²) in [6.45, 7) is 6.93. The summed E-state index contributed by atoms with van der Waals surface area (Å²) in [6.07, 6.45) is 5.99. The van der Waals surface area contributed by atoms with Gasteiger partial charge in [-0.05, 0) is 46.5 Å². The Labute approximate surface area is 103 Å². The summed E-state index contributed by atoms with van der Waals surface area (Å²) in [4.78, 5) is 21.4. The zero-order chi connectivity index (χ0) is 13.1.